The summed E-state index contributed by atoms with van der Waals surface area (Å²) in [6.45, 7) is 10.1. The van der Waals surface area contributed by atoms with Crippen LogP contribution in [0.25, 0.3) is 0 Å². The maximum atomic E-state index is 5.81. The van der Waals surface area contributed by atoms with E-state index < -0.39 is 0 Å². The molecular weight excluding hydrogens is 509 g/mol. The lowest BCUT2D eigenvalue weighted by Gasteiger charge is -2.34. The van der Waals surface area contributed by atoms with Crippen LogP contribution in [0, 0.1) is 5.92 Å². The molecule has 0 atom stereocenters. The summed E-state index contributed by atoms with van der Waals surface area (Å²) in [6.07, 6.45) is 6.84. The van der Waals surface area contributed by atoms with Crippen molar-refractivity contribution in [3.63, 3.8) is 0 Å². The van der Waals surface area contributed by atoms with Gasteiger partial charge >= 0.3 is 0 Å². The molecule has 10 heteroatoms. The first-order valence-corrected chi connectivity index (χ1v) is 11.2. The Hall–Kier alpha value is -1.24. The molecule has 2 fully saturated rings. The molecule has 1 aromatic rings. The van der Waals surface area contributed by atoms with Gasteiger partial charge in [0.05, 0.1) is 0 Å². The van der Waals surface area contributed by atoms with Gasteiger partial charge in [-0.25, -0.2) is 9.97 Å². The predicted molar refractivity (Wildman–Crippen MR) is 134 cm³/mol. The Balaban J connectivity index is 0.00000341. The van der Waals surface area contributed by atoms with E-state index in [1.165, 1.54) is 0 Å². The zero-order valence-corrected chi connectivity index (χ0v) is 21.0. The summed E-state index contributed by atoms with van der Waals surface area (Å²) in [6, 6.07) is 1.85. The molecule has 0 bridgehead atoms. The van der Waals surface area contributed by atoms with Crippen LogP contribution >= 0.6 is 24.0 Å². The standard InChI is InChI=1S/C21H37N7O2.HI/c1-22-20(23-8-3-15-30-18-19-4-16-29-17-5-19)24-9-10-27-11-13-28(14-12-27)21-25-6-2-7-26-21;/h2,6-7,19H,3-5,8-18H2,1H3,(H2,22,23,24);1H. The molecule has 0 saturated carbocycles. The third kappa shape index (κ3) is 9.84. The van der Waals surface area contributed by atoms with E-state index in [0.29, 0.717) is 5.92 Å². The van der Waals surface area contributed by atoms with Crippen molar-refractivity contribution in [2.24, 2.45) is 10.9 Å². The quantitative estimate of drug-likeness (QED) is 0.196. The van der Waals surface area contributed by atoms with Gasteiger partial charge < -0.3 is 25.0 Å². The van der Waals surface area contributed by atoms with E-state index in [9.17, 15) is 0 Å². The monoisotopic (exact) mass is 547 g/mol. The van der Waals surface area contributed by atoms with Crippen LogP contribution in [0.3, 0.4) is 0 Å². The van der Waals surface area contributed by atoms with Crippen molar-refractivity contribution in [1.82, 2.24) is 25.5 Å². The second kappa shape index (κ2) is 15.5. The molecule has 3 rings (SSSR count). The first kappa shape index (κ1) is 26.0. The van der Waals surface area contributed by atoms with E-state index in [4.69, 9.17) is 9.47 Å². The van der Waals surface area contributed by atoms with Crippen LogP contribution < -0.4 is 15.5 Å². The SMILES string of the molecule is CN=C(NCCCOCC1CCOCC1)NCCN1CCN(c2ncccn2)CC1.I. The molecule has 2 N–H and O–H groups in total. The number of anilines is 1. The fourth-order valence-corrected chi connectivity index (χ4v) is 3.72. The maximum Gasteiger partial charge on any atom is 0.225 e. The molecule has 176 valence electrons. The Kier molecular flexibility index (Phi) is 13.0. The minimum Gasteiger partial charge on any atom is -0.381 e. The summed E-state index contributed by atoms with van der Waals surface area (Å²) in [5.41, 5.74) is 0. The largest absolute Gasteiger partial charge is 0.381 e. The van der Waals surface area contributed by atoms with Crippen LogP contribution in [0.2, 0.25) is 0 Å². The van der Waals surface area contributed by atoms with Crippen molar-refractivity contribution < 1.29 is 9.47 Å². The van der Waals surface area contributed by atoms with E-state index in [0.717, 1.165) is 103 Å². The molecule has 0 aromatic carbocycles. The summed E-state index contributed by atoms with van der Waals surface area (Å²) in [7, 11) is 1.82. The topological polar surface area (TPSA) is 87.1 Å². The molecule has 0 spiro atoms. The highest BCUT2D eigenvalue weighted by atomic mass is 127. The third-order valence-electron chi connectivity index (χ3n) is 5.60. The van der Waals surface area contributed by atoms with Crippen LogP contribution in [0.5, 0.6) is 0 Å². The summed E-state index contributed by atoms with van der Waals surface area (Å²) in [5.74, 6) is 2.36. The average Bonchev–Trinajstić information content (AvgIpc) is 2.82. The lowest BCUT2D eigenvalue weighted by molar-refractivity contribution is 0.0203. The lowest BCUT2D eigenvalue weighted by Crippen LogP contribution is -2.49. The number of nitrogens with one attached hydrogen (secondary N) is 2. The van der Waals surface area contributed by atoms with E-state index in [1.54, 1.807) is 12.4 Å². The highest BCUT2D eigenvalue weighted by Gasteiger charge is 2.18. The van der Waals surface area contributed by atoms with Crippen molar-refractivity contribution in [2.45, 2.75) is 19.3 Å². The van der Waals surface area contributed by atoms with Crippen molar-refractivity contribution in [3.05, 3.63) is 18.5 Å². The van der Waals surface area contributed by atoms with E-state index in [1.807, 2.05) is 13.1 Å². The number of aromatic nitrogens is 2. The number of aliphatic imine (C=N–C) groups is 1. The van der Waals surface area contributed by atoms with E-state index >= 15 is 0 Å². The van der Waals surface area contributed by atoms with Gasteiger partial charge in [-0.05, 0) is 31.2 Å². The van der Waals surface area contributed by atoms with Crippen LogP contribution in [-0.4, -0.2) is 100 Å². The smallest absolute Gasteiger partial charge is 0.225 e. The average molecular weight is 547 g/mol. The summed E-state index contributed by atoms with van der Waals surface area (Å²) < 4.78 is 11.2. The molecule has 1 aromatic heterocycles. The number of halogens is 1. The number of hydrogen-bond donors (Lipinski definition) is 2. The molecule has 2 saturated heterocycles. The molecule has 2 aliphatic heterocycles. The Morgan fingerprint density at radius 2 is 1.84 bits per heavy atom. The number of rotatable bonds is 10. The van der Waals surface area contributed by atoms with E-state index in [-0.39, 0.29) is 24.0 Å². The van der Waals surface area contributed by atoms with E-state index in [2.05, 4.69) is 35.4 Å². The fraction of sp³-hybridized carbons (Fsp3) is 0.762. The minimum atomic E-state index is 0. The third-order valence-corrected chi connectivity index (χ3v) is 5.60. The second-order valence-corrected chi connectivity index (χ2v) is 7.79. The van der Waals surface area contributed by atoms with Gasteiger partial charge in [-0.1, -0.05) is 0 Å². The first-order valence-electron chi connectivity index (χ1n) is 11.2. The first-order chi connectivity index (χ1) is 14.8. The van der Waals surface area contributed by atoms with Crippen LogP contribution in [0.4, 0.5) is 5.95 Å². The Labute approximate surface area is 203 Å². The number of piperazine rings is 1. The fourth-order valence-electron chi connectivity index (χ4n) is 3.72. The van der Waals surface area contributed by atoms with Gasteiger partial charge in [-0.3, -0.25) is 9.89 Å². The molecular formula is C21H38IN7O2. The zero-order valence-electron chi connectivity index (χ0n) is 18.7. The molecule has 9 nitrogen and oxygen atoms in total. The Morgan fingerprint density at radius 1 is 1.13 bits per heavy atom. The highest BCUT2D eigenvalue weighted by molar-refractivity contribution is 14.0. The van der Waals surface area contributed by atoms with Gasteiger partial charge in [-0.15, -0.1) is 24.0 Å². The number of guanidine groups is 1. The molecule has 0 radical (unpaired) electrons. The van der Waals surface area contributed by atoms with Gasteiger partial charge in [0, 0.05) is 91.7 Å². The Morgan fingerprint density at radius 3 is 2.55 bits per heavy atom. The van der Waals surface area contributed by atoms with Crippen molar-refractivity contribution in [1.29, 1.82) is 0 Å². The van der Waals surface area contributed by atoms with Crippen molar-refractivity contribution >= 4 is 35.9 Å². The molecule has 2 aliphatic rings. The van der Waals surface area contributed by atoms with Crippen molar-refractivity contribution in [3.8, 4) is 0 Å². The molecule has 31 heavy (non-hydrogen) atoms. The predicted octanol–water partition coefficient (Wildman–Crippen LogP) is 1.21. The maximum absolute atomic E-state index is 5.81. The summed E-state index contributed by atoms with van der Waals surface area (Å²) in [4.78, 5) is 17.7. The summed E-state index contributed by atoms with van der Waals surface area (Å²) >= 11 is 0. The number of hydrogen-bond acceptors (Lipinski definition) is 7. The van der Waals surface area contributed by atoms with Crippen LogP contribution in [0.15, 0.2) is 23.5 Å². The van der Waals surface area contributed by atoms with Crippen molar-refractivity contribution in [2.75, 3.05) is 84.2 Å². The number of nitrogens with zero attached hydrogens (tertiary/aromatic N) is 5. The molecule has 0 amide bonds. The normalized spacial score (nSPS) is 18.5. The van der Waals surface area contributed by atoms with Gasteiger partial charge in [-0.2, -0.15) is 0 Å². The lowest BCUT2D eigenvalue weighted by atomic mass is 10.0. The minimum absolute atomic E-state index is 0. The van der Waals surface area contributed by atoms with Gasteiger partial charge in [0.2, 0.25) is 5.95 Å². The van der Waals surface area contributed by atoms with Gasteiger partial charge in [0.25, 0.3) is 0 Å². The molecule has 0 aliphatic carbocycles. The summed E-state index contributed by atoms with van der Waals surface area (Å²) in [5, 5.41) is 6.78. The molecule has 3 heterocycles. The van der Waals surface area contributed by atoms with Crippen LogP contribution in [-0.2, 0) is 9.47 Å². The van der Waals surface area contributed by atoms with Crippen LogP contribution in [0.1, 0.15) is 19.3 Å². The number of ether oxygens (including phenoxy) is 2. The Bertz CT molecular complexity index is 609. The zero-order chi connectivity index (χ0) is 20.9. The van der Waals surface area contributed by atoms with Gasteiger partial charge in [0.15, 0.2) is 5.96 Å². The molecule has 0 unspecified atom stereocenters. The second-order valence-electron chi connectivity index (χ2n) is 7.79. The highest BCUT2D eigenvalue weighted by Crippen LogP contribution is 2.14. The van der Waals surface area contributed by atoms with Gasteiger partial charge in [0.1, 0.15) is 0 Å².